The molecule has 4 atom stereocenters. The molecule has 1 aromatic carbocycles. The Labute approximate surface area is 178 Å². The van der Waals surface area contributed by atoms with Crippen LogP contribution in [0.2, 0.25) is 10.0 Å². The molecule has 0 aliphatic carbocycles. The van der Waals surface area contributed by atoms with Gasteiger partial charge < -0.3 is 14.8 Å². The van der Waals surface area contributed by atoms with Gasteiger partial charge in [0.05, 0.1) is 40.3 Å². The number of nitrogens with one attached hydrogen (secondary N) is 1. The molecule has 0 spiro atoms. The van der Waals surface area contributed by atoms with Gasteiger partial charge in [0.15, 0.2) is 0 Å². The molecule has 0 radical (unpaired) electrons. The molecule has 152 valence electrons. The van der Waals surface area contributed by atoms with Gasteiger partial charge in [-0.15, -0.1) is 0 Å². The number of nitrogens with zero attached hydrogens (tertiary/aromatic N) is 1. The fraction of sp³-hybridized carbons (Fsp3) is 0.381. The first kappa shape index (κ1) is 20.1. The topological polar surface area (TPSA) is 77.5 Å². The predicted octanol–water partition coefficient (Wildman–Crippen LogP) is 4.46. The fourth-order valence-electron chi connectivity index (χ4n) is 4.20. The second-order valence-corrected chi connectivity index (χ2v) is 8.00. The number of ether oxygens (including phenoxy) is 2. The minimum absolute atomic E-state index is 0.0798. The lowest BCUT2D eigenvalue weighted by molar-refractivity contribution is -0.121. The smallest absolute Gasteiger partial charge is 0.339 e. The van der Waals surface area contributed by atoms with Crippen molar-refractivity contribution in [1.29, 1.82) is 0 Å². The van der Waals surface area contributed by atoms with E-state index in [1.807, 2.05) is 0 Å². The van der Waals surface area contributed by atoms with Crippen LogP contribution in [0.4, 0.5) is 5.69 Å². The van der Waals surface area contributed by atoms with Crippen LogP contribution in [0.15, 0.2) is 36.7 Å². The Bertz CT molecular complexity index is 952. The summed E-state index contributed by atoms with van der Waals surface area (Å²) < 4.78 is 11.1. The first-order valence-electron chi connectivity index (χ1n) is 9.51. The van der Waals surface area contributed by atoms with E-state index in [1.54, 1.807) is 37.4 Å². The van der Waals surface area contributed by atoms with Crippen molar-refractivity contribution in [3.63, 3.8) is 0 Å². The van der Waals surface area contributed by atoms with Crippen LogP contribution in [-0.2, 0) is 14.3 Å². The van der Waals surface area contributed by atoms with Crippen molar-refractivity contribution in [3.05, 3.63) is 57.8 Å². The first-order valence-corrected chi connectivity index (χ1v) is 10.3. The van der Waals surface area contributed by atoms with Crippen LogP contribution in [0.5, 0.6) is 0 Å². The quantitative estimate of drug-likeness (QED) is 0.702. The van der Waals surface area contributed by atoms with Gasteiger partial charge in [-0.25, -0.2) is 4.79 Å². The van der Waals surface area contributed by atoms with Crippen molar-refractivity contribution in [1.82, 2.24) is 4.98 Å². The number of esters is 1. The SMILES string of the molecule is CCOC(=O)c1cncc([C@@H]2[C@@H](C(=O)Nc3ccc(Cl)c(Cl)c3)[C@H]3CC[C@@H]2O3)c1. The summed E-state index contributed by atoms with van der Waals surface area (Å²) in [6, 6.07) is 6.71. The molecule has 0 saturated carbocycles. The van der Waals surface area contributed by atoms with Crippen LogP contribution in [0.1, 0.15) is 41.6 Å². The van der Waals surface area contributed by atoms with Crippen LogP contribution in [0, 0.1) is 5.92 Å². The molecule has 0 unspecified atom stereocenters. The molecular formula is C21H20Cl2N2O4. The highest BCUT2D eigenvalue weighted by atomic mass is 35.5. The maximum atomic E-state index is 13.1. The maximum Gasteiger partial charge on any atom is 0.339 e. The standard InChI is InChI=1S/C21H20Cl2N2O4/c1-2-28-21(27)12-7-11(9-24-10-12)18-16-5-6-17(29-16)19(18)20(26)25-13-3-4-14(22)15(23)8-13/h3-4,7-10,16-19H,2,5-6H2,1H3,(H,25,26)/t16-,17+,18-,19-/m0/s1. The predicted molar refractivity (Wildman–Crippen MR) is 109 cm³/mol. The normalized spacial score (nSPS) is 25.1. The molecule has 2 bridgehead atoms. The molecule has 2 aliphatic heterocycles. The van der Waals surface area contributed by atoms with Gasteiger partial charge in [0.2, 0.25) is 5.91 Å². The Morgan fingerprint density at radius 2 is 1.97 bits per heavy atom. The van der Waals surface area contributed by atoms with Gasteiger partial charge in [-0.05, 0) is 49.6 Å². The molecule has 1 amide bonds. The molecule has 29 heavy (non-hydrogen) atoms. The van der Waals surface area contributed by atoms with Gasteiger partial charge in [0.25, 0.3) is 0 Å². The van der Waals surface area contributed by atoms with Crippen molar-refractivity contribution in [3.8, 4) is 0 Å². The molecule has 6 nitrogen and oxygen atoms in total. The summed E-state index contributed by atoms with van der Waals surface area (Å²) in [5.74, 6) is -1.15. The van der Waals surface area contributed by atoms with Gasteiger partial charge in [-0.2, -0.15) is 0 Å². The highest BCUT2D eigenvalue weighted by molar-refractivity contribution is 6.42. The summed E-state index contributed by atoms with van der Waals surface area (Å²) in [4.78, 5) is 29.4. The Morgan fingerprint density at radius 3 is 2.72 bits per heavy atom. The zero-order chi connectivity index (χ0) is 20.5. The third kappa shape index (κ3) is 3.97. The van der Waals surface area contributed by atoms with Gasteiger partial charge in [-0.1, -0.05) is 23.2 Å². The number of aromatic nitrogens is 1. The van der Waals surface area contributed by atoms with E-state index in [-0.39, 0.29) is 36.6 Å². The molecule has 1 N–H and O–H groups in total. The van der Waals surface area contributed by atoms with E-state index in [2.05, 4.69) is 10.3 Å². The number of carbonyl (C=O) groups excluding carboxylic acids is 2. The van der Waals surface area contributed by atoms with Gasteiger partial charge in [0.1, 0.15) is 0 Å². The van der Waals surface area contributed by atoms with E-state index in [9.17, 15) is 9.59 Å². The molecule has 1 aromatic heterocycles. The number of anilines is 1. The maximum absolute atomic E-state index is 13.1. The van der Waals surface area contributed by atoms with E-state index in [0.717, 1.165) is 18.4 Å². The van der Waals surface area contributed by atoms with Crippen LogP contribution in [-0.4, -0.2) is 35.7 Å². The summed E-state index contributed by atoms with van der Waals surface area (Å²) in [5.41, 5.74) is 1.75. The lowest BCUT2D eigenvalue weighted by Gasteiger charge is -2.27. The molecule has 8 heteroatoms. The molecule has 2 aliphatic rings. The van der Waals surface area contributed by atoms with Crippen LogP contribution in [0.3, 0.4) is 0 Å². The molecule has 2 fully saturated rings. The van der Waals surface area contributed by atoms with Crippen molar-refractivity contribution >= 4 is 40.8 Å². The fourth-order valence-corrected chi connectivity index (χ4v) is 4.50. The minimum atomic E-state index is -0.428. The Kier molecular flexibility index (Phi) is 5.76. The Balaban J connectivity index is 1.59. The number of hydrogen-bond donors (Lipinski definition) is 1. The minimum Gasteiger partial charge on any atom is -0.462 e. The second kappa shape index (κ2) is 8.30. The van der Waals surface area contributed by atoms with Crippen LogP contribution in [0.25, 0.3) is 0 Å². The zero-order valence-corrected chi connectivity index (χ0v) is 17.2. The largest absolute Gasteiger partial charge is 0.462 e. The van der Waals surface area contributed by atoms with Crippen molar-refractivity contribution in [2.75, 3.05) is 11.9 Å². The average Bonchev–Trinajstić information content (AvgIpc) is 3.33. The summed E-state index contributed by atoms with van der Waals surface area (Å²) in [5, 5.41) is 3.72. The number of hydrogen-bond acceptors (Lipinski definition) is 5. The van der Waals surface area contributed by atoms with Gasteiger partial charge >= 0.3 is 5.97 Å². The molecule has 2 aromatic rings. The number of rotatable bonds is 5. The van der Waals surface area contributed by atoms with Crippen molar-refractivity contribution < 1.29 is 19.1 Å². The number of benzene rings is 1. The average molecular weight is 435 g/mol. The highest BCUT2D eigenvalue weighted by Crippen LogP contribution is 2.49. The Morgan fingerprint density at radius 1 is 1.17 bits per heavy atom. The lowest BCUT2D eigenvalue weighted by Crippen LogP contribution is -2.36. The number of halogens is 2. The molecule has 4 rings (SSSR count). The van der Waals surface area contributed by atoms with Gasteiger partial charge in [-0.3, -0.25) is 9.78 Å². The summed E-state index contributed by atoms with van der Waals surface area (Å²) in [6.07, 6.45) is 4.61. The lowest BCUT2D eigenvalue weighted by atomic mass is 9.75. The zero-order valence-electron chi connectivity index (χ0n) is 15.7. The van der Waals surface area contributed by atoms with E-state index >= 15 is 0 Å². The monoisotopic (exact) mass is 434 g/mol. The third-order valence-corrected chi connectivity index (χ3v) is 6.16. The summed E-state index contributed by atoms with van der Waals surface area (Å²) in [6.45, 7) is 2.04. The Hall–Kier alpha value is -2.15. The summed E-state index contributed by atoms with van der Waals surface area (Å²) in [7, 11) is 0. The molecular weight excluding hydrogens is 415 g/mol. The number of carbonyl (C=O) groups is 2. The van der Waals surface area contributed by atoms with Crippen LogP contribution < -0.4 is 5.32 Å². The van der Waals surface area contributed by atoms with E-state index in [0.29, 0.717) is 21.3 Å². The number of amides is 1. The number of fused-ring (bicyclic) bond motifs is 2. The van der Waals surface area contributed by atoms with E-state index < -0.39 is 5.97 Å². The summed E-state index contributed by atoms with van der Waals surface area (Å²) >= 11 is 12.0. The van der Waals surface area contributed by atoms with Gasteiger partial charge in [0, 0.05) is 24.0 Å². The van der Waals surface area contributed by atoms with E-state index in [4.69, 9.17) is 32.7 Å². The highest BCUT2D eigenvalue weighted by Gasteiger charge is 2.53. The molecule has 3 heterocycles. The second-order valence-electron chi connectivity index (χ2n) is 7.19. The first-order chi connectivity index (χ1) is 14.0. The van der Waals surface area contributed by atoms with Crippen molar-refractivity contribution in [2.24, 2.45) is 5.92 Å². The molecule has 2 saturated heterocycles. The van der Waals surface area contributed by atoms with Crippen LogP contribution >= 0.6 is 23.2 Å². The van der Waals surface area contributed by atoms with Crippen molar-refractivity contribution in [2.45, 2.75) is 37.9 Å². The van der Waals surface area contributed by atoms with E-state index in [1.165, 1.54) is 6.20 Å². The number of pyridine rings is 1. The third-order valence-electron chi connectivity index (χ3n) is 5.42.